The molecule has 0 amide bonds. The van der Waals surface area contributed by atoms with Crippen molar-refractivity contribution in [2.24, 2.45) is 5.41 Å². The lowest BCUT2D eigenvalue weighted by Crippen LogP contribution is -2.52. The number of rotatable bonds is 15. The highest BCUT2D eigenvalue weighted by molar-refractivity contribution is 5.05. The standard InChI is InChI=1S/C20H40O3/c1-7-10-12-13-14-15-18-19(16-9-3,17-11-8-2)20(21-4,22-5)23-6/h11,17H,7-10,12-16,18H2,1-6H3. The lowest BCUT2D eigenvalue weighted by Gasteiger charge is -2.45. The molecule has 0 aliphatic heterocycles. The molecular weight excluding hydrogens is 288 g/mol. The Morgan fingerprint density at radius 2 is 1.26 bits per heavy atom. The fourth-order valence-corrected chi connectivity index (χ4v) is 3.57. The first-order valence-corrected chi connectivity index (χ1v) is 9.45. The van der Waals surface area contributed by atoms with Crippen molar-refractivity contribution in [1.29, 1.82) is 0 Å². The van der Waals surface area contributed by atoms with Crippen LogP contribution in [0.2, 0.25) is 0 Å². The minimum absolute atomic E-state index is 0.235. The van der Waals surface area contributed by atoms with Crippen LogP contribution in [-0.2, 0) is 14.2 Å². The van der Waals surface area contributed by atoms with Gasteiger partial charge in [-0.1, -0.05) is 77.9 Å². The Hall–Kier alpha value is -0.380. The smallest absolute Gasteiger partial charge is 0.291 e. The number of hydrogen-bond donors (Lipinski definition) is 0. The van der Waals surface area contributed by atoms with Crippen LogP contribution in [0.5, 0.6) is 0 Å². The first-order valence-electron chi connectivity index (χ1n) is 9.45. The topological polar surface area (TPSA) is 27.7 Å². The van der Waals surface area contributed by atoms with Crippen molar-refractivity contribution in [3.8, 4) is 0 Å². The maximum atomic E-state index is 5.75. The van der Waals surface area contributed by atoms with Crippen molar-refractivity contribution < 1.29 is 14.2 Å². The Balaban J connectivity index is 5.13. The lowest BCUT2D eigenvalue weighted by atomic mass is 9.75. The molecule has 23 heavy (non-hydrogen) atoms. The van der Waals surface area contributed by atoms with E-state index in [4.69, 9.17) is 14.2 Å². The zero-order valence-corrected chi connectivity index (χ0v) is 16.5. The summed E-state index contributed by atoms with van der Waals surface area (Å²) < 4.78 is 17.3. The van der Waals surface area contributed by atoms with Crippen molar-refractivity contribution >= 4 is 0 Å². The number of unbranched alkanes of at least 4 members (excludes halogenated alkanes) is 5. The van der Waals surface area contributed by atoms with Crippen molar-refractivity contribution in [1.82, 2.24) is 0 Å². The van der Waals surface area contributed by atoms with Gasteiger partial charge in [0.05, 0.1) is 5.41 Å². The van der Waals surface area contributed by atoms with Crippen molar-refractivity contribution in [3.63, 3.8) is 0 Å². The third-order valence-electron chi connectivity index (χ3n) is 4.76. The van der Waals surface area contributed by atoms with Crippen LogP contribution < -0.4 is 0 Å². The molecule has 1 unspecified atom stereocenters. The van der Waals surface area contributed by atoms with E-state index in [9.17, 15) is 0 Å². The third kappa shape index (κ3) is 6.56. The van der Waals surface area contributed by atoms with E-state index >= 15 is 0 Å². The zero-order chi connectivity index (χ0) is 17.6. The summed E-state index contributed by atoms with van der Waals surface area (Å²) in [6.45, 7) is 6.62. The Bertz CT molecular complexity index is 289. The average Bonchev–Trinajstić information content (AvgIpc) is 2.58. The molecule has 0 N–H and O–H groups in total. The molecule has 3 heteroatoms. The molecule has 0 aliphatic rings. The molecule has 0 aromatic carbocycles. The Kier molecular flexibility index (Phi) is 12.8. The van der Waals surface area contributed by atoms with Crippen LogP contribution in [0.3, 0.4) is 0 Å². The van der Waals surface area contributed by atoms with Gasteiger partial charge in [-0.25, -0.2) is 0 Å². The van der Waals surface area contributed by atoms with Gasteiger partial charge in [0.2, 0.25) is 0 Å². The molecule has 0 fully saturated rings. The van der Waals surface area contributed by atoms with Gasteiger partial charge in [0.25, 0.3) is 5.97 Å². The van der Waals surface area contributed by atoms with Crippen LogP contribution >= 0.6 is 0 Å². The van der Waals surface area contributed by atoms with Crippen molar-refractivity contribution in [2.75, 3.05) is 21.3 Å². The first kappa shape index (κ1) is 22.6. The highest BCUT2D eigenvalue weighted by atomic mass is 16.9. The van der Waals surface area contributed by atoms with Gasteiger partial charge in [0, 0.05) is 21.3 Å². The molecule has 0 aliphatic carbocycles. The van der Waals surface area contributed by atoms with Gasteiger partial charge >= 0.3 is 0 Å². The largest absolute Gasteiger partial charge is 0.330 e. The first-order chi connectivity index (χ1) is 11.1. The third-order valence-corrected chi connectivity index (χ3v) is 4.76. The van der Waals surface area contributed by atoms with Gasteiger partial charge in [-0.3, -0.25) is 0 Å². The lowest BCUT2D eigenvalue weighted by molar-refractivity contribution is -0.399. The van der Waals surface area contributed by atoms with E-state index in [1.807, 2.05) is 0 Å². The van der Waals surface area contributed by atoms with E-state index in [1.165, 1.54) is 38.5 Å². The SMILES string of the molecule is CCC=CC(CCC)(CCCCCCCC)C(OC)(OC)OC. The predicted octanol–water partition coefficient (Wildman–Crippen LogP) is 6.08. The fraction of sp³-hybridized carbons (Fsp3) is 0.900. The molecule has 1 atom stereocenters. The summed E-state index contributed by atoms with van der Waals surface area (Å²) in [6, 6.07) is 0. The zero-order valence-electron chi connectivity index (χ0n) is 16.5. The van der Waals surface area contributed by atoms with Crippen LogP contribution in [0, 0.1) is 5.41 Å². The monoisotopic (exact) mass is 328 g/mol. The van der Waals surface area contributed by atoms with Gasteiger partial charge in [-0.05, 0) is 19.3 Å². The average molecular weight is 329 g/mol. The summed E-state index contributed by atoms with van der Waals surface area (Å²) in [5.74, 6) is -1.00. The second-order valence-corrected chi connectivity index (χ2v) is 6.40. The van der Waals surface area contributed by atoms with Crippen LogP contribution in [0.4, 0.5) is 0 Å². The normalized spacial score (nSPS) is 15.2. The molecule has 0 aromatic heterocycles. The summed E-state index contributed by atoms with van der Waals surface area (Å²) in [5.41, 5.74) is -0.235. The summed E-state index contributed by atoms with van der Waals surface area (Å²) >= 11 is 0. The van der Waals surface area contributed by atoms with E-state index in [0.717, 1.165) is 25.7 Å². The molecule has 0 aromatic rings. The summed E-state index contributed by atoms with van der Waals surface area (Å²) in [4.78, 5) is 0. The molecule has 0 radical (unpaired) electrons. The number of hydrogen-bond acceptors (Lipinski definition) is 3. The minimum atomic E-state index is -1.00. The van der Waals surface area contributed by atoms with Gasteiger partial charge < -0.3 is 14.2 Å². The van der Waals surface area contributed by atoms with Gasteiger partial charge in [-0.2, -0.15) is 0 Å². The molecule has 0 rings (SSSR count). The molecule has 138 valence electrons. The number of allylic oxidation sites excluding steroid dienone is 1. The Morgan fingerprint density at radius 3 is 1.74 bits per heavy atom. The highest BCUT2D eigenvalue weighted by Crippen LogP contribution is 2.46. The molecule has 0 saturated heterocycles. The van der Waals surface area contributed by atoms with Gasteiger partial charge in [0.1, 0.15) is 0 Å². The van der Waals surface area contributed by atoms with Crippen LogP contribution in [0.25, 0.3) is 0 Å². The van der Waals surface area contributed by atoms with E-state index < -0.39 is 5.97 Å². The van der Waals surface area contributed by atoms with Crippen LogP contribution in [-0.4, -0.2) is 27.3 Å². The Morgan fingerprint density at radius 1 is 0.696 bits per heavy atom. The van der Waals surface area contributed by atoms with E-state index in [1.54, 1.807) is 21.3 Å². The maximum absolute atomic E-state index is 5.75. The van der Waals surface area contributed by atoms with Gasteiger partial charge in [-0.15, -0.1) is 0 Å². The van der Waals surface area contributed by atoms with E-state index in [0.29, 0.717) is 0 Å². The molecule has 3 nitrogen and oxygen atoms in total. The summed E-state index contributed by atoms with van der Waals surface area (Å²) in [7, 11) is 5.04. The summed E-state index contributed by atoms with van der Waals surface area (Å²) in [5, 5.41) is 0. The highest BCUT2D eigenvalue weighted by Gasteiger charge is 2.51. The second kappa shape index (κ2) is 13.0. The quantitative estimate of drug-likeness (QED) is 0.207. The molecular formula is C20H40O3. The number of methoxy groups -OCH3 is 3. The molecule has 0 bridgehead atoms. The second-order valence-electron chi connectivity index (χ2n) is 6.40. The van der Waals surface area contributed by atoms with Crippen LogP contribution in [0.1, 0.15) is 85.0 Å². The Labute approximate surface area is 144 Å². The summed E-state index contributed by atoms with van der Waals surface area (Å²) in [6.07, 6.45) is 16.3. The van der Waals surface area contributed by atoms with Crippen LogP contribution in [0.15, 0.2) is 12.2 Å². The van der Waals surface area contributed by atoms with E-state index in [2.05, 4.69) is 32.9 Å². The molecule has 0 saturated carbocycles. The minimum Gasteiger partial charge on any atom is -0.330 e. The molecule has 0 heterocycles. The van der Waals surface area contributed by atoms with Crippen molar-refractivity contribution in [3.05, 3.63) is 12.2 Å². The van der Waals surface area contributed by atoms with Gasteiger partial charge in [0.15, 0.2) is 0 Å². The number of ether oxygens (including phenoxy) is 3. The predicted molar refractivity (Wildman–Crippen MR) is 98.5 cm³/mol. The van der Waals surface area contributed by atoms with E-state index in [-0.39, 0.29) is 5.41 Å². The van der Waals surface area contributed by atoms with Crippen molar-refractivity contribution in [2.45, 2.75) is 91.0 Å². The fourth-order valence-electron chi connectivity index (χ4n) is 3.57. The maximum Gasteiger partial charge on any atom is 0.291 e. The molecule has 0 spiro atoms.